The smallest absolute Gasteiger partial charge is 0.226 e. The first-order valence-electron chi connectivity index (χ1n) is 7.13. The number of carbonyl (C=O) groups is 1. The Balaban J connectivity index is 1.92. The summed E-state index contributed by atoms with van der Waals surface area (Å²) in [6.07, 6.45) is 5.62. The Labute approximate surface area is 109 Å². The Hall–Kier alpha value is -1.31. The van der Waals surface area contributed by atoms with Crippen molar-refractivity contribution in [2.75, 3.05) is 6.54 Å². The highest BCUT2D eigenvalue weighted by atomic mass is 16.2. The van der Waals surface area contributed by atoms with Gasteiger partial charge >= 0.3 is 0 Å². The number of rotatable bonds is 2. The zero-order valence-electron chi connectivity index (χ0n) is 11.0. The minimum atomic E-state index is -0.0896. The van der Waals surface area contributed by atoms with Crippen molar-refractivity contribution in [3.8, 4) is 0 Å². The second kappa shape index (κ2) is 4.42. The van der Waals surface area contributed by atoms with E-state index in [2.05, 4.69) is 36.5 Å². The van der Waals surface area contributed by atoms with Gasteiger partial charge < -0.3 is 5.32 Å². The maximum atomic E-state index is 12.2. The van der Waals surface area contributed by atoms with Gasteiger partial charge in [0.05, 0.1) is 5.41 Å². The molecule has 2 nitrogen and oxygen atoms in total. The third-order valence-corrected chi connectivity index (χ3v) is 4.87. The van der Waals surface area contributed by atoms with E-state index in [4.69, 9.17) is 0 Å². The molecule has 1 heterocycles. The van der Waals surface area contributed by atoms with Gasteiger partial charge in [0.2, 0.25) is 5.91 Å². The number of benzene rings is 1. The molecule has 1 aliphatic carbocycles. The predicted octanol–water partition coefficient (Wildman–Crippen LogP) is 3.02. The van der Waals surface area contributed by atoms with E-state index >= 15 is 0 Å². The van der Waals surface area contributed by atoms with Gasteiger partial charge in [-0.3, -0.25) is 4.79 Å². The Morgan fingerprint density at radius 1 is 1.22 bits per heavy atom. The van der Waals surface area contributed by atoms with Gasteiger partial charge in [-0.05, 0) is 30.4 Å². The number of carbonyl (C=O) groups excluding carboxylic acids is 1. The standard InChI is InChI=1S/C16H21NO/c1-2-12-5-7-13(8-6-12)14-11-17-15(18)16(14)9-3-4-10-16/h5-8,14H,2-4,9-11H2,1H3,(H,17,18)/t14-/m1/s1. The number of aryl methyl sites for hydroxylation is 1. The minimum Gasteiger partial charge on any atom is -0.355 e. The van der Waals surface area contributed by atoms with E-state index in [0.29, 0.717) is 11.8 Å². The van der Waals surface area contributed by atoms with Crippen LogP contribution in [-0.2, 0) is 11.2 Å². The summed E-state index contributed by atoms with van der Waals surface area (Å²) in [5.74, 6) is 0.683. The molecule has 0 radical (unpaired) electrons. The second-order valence-corrected chi connectivity index (χ2v) is 5.72. The summed E-state index contributed by atoms with van der Waals surface area (Å²) < 4.78 is 0. The van der Waals surface area contributed by atoms with Crippen LogP contribution in [0.5, 0.6) is 0 Å². The number of amides is 1. The minimum absolute atomic E-state index is 0.0896. The van der Waals surface area contributed by atoms with Crippen molar-refractivity contribution in [1.82, 2.24) is 5.32 Å². The number of nitrogens with one attached hydrogen (secondary N) is 1. The molecule has 2 aliphatic rings. The molecule has 2 heteroatoms. The molecule has 0 bridgehead atoms. The lowest BCUT2D eigenvalue weighted by atomic mass is 9.72. The van der Waals surface area contributed by atoms with Crippen molar-refractivity contribution in [2.24, 2.45) is 5.41 Å². The van der Waals surface area contributed by atoms with E-state index in [9.17, 15) is 4.79 Å². The quantitative estimate of drug-likeness (QED) is 0.850. The molecule has 1 saturated heterocycles. The van der Waals surface area contributed by atoms with Crippen LogP contribution in [0.2, 0.25) is 0 Å². The largest absolute Gasteiger partial charge is 0.355 e. The van der Waals surface area contributed by atoms with Crippen LogP contribution < -0.4 is 5.32 Å². The molecule has 3 rings (SSSR count). The predicted molar refractivity (Wildman–Crippen MR) is 72.5 cm³/mol. The summed E-state index contributed by atoms with van der Waals surface area (Å²) in [4.78, 5) is 12.2. The van der Waals surface area contributed by atoms with Gasteiger partial charge in [-0.25, -0.2) is 0 Å². The van der Waals surface area contributed by atoms with E-state index in [0.717, 1.165) is 25.8 Å². The van der Waals surface area contributed by atoms with Crippen LogP contribution in [0.15, 0.2) is 24.3 Å². The van der Waals surface area contributed by atoms with Gasteiger partial charge in [0.1, 0.15) is 0 Å². The first-order chi connectivity index (χ1) is 8.76. The lowest BCUT2D eigenvalue weighted by Gasteiger charge is -2.28. The molecule has 18 heavy (non-hydrogen) atoms. The molecule has 1 atom stereocenters. The monoisotopic (exact) mass is 243 g/mol. The Kier molecular flexibility index (Phi) is 2.89. The van der Waals surface area contributed by atoms with Crippen molar-refractivity contribution >= 4 is 5.91 Å². The third-order valence-electron chi connectivity index (χ3n) is 4.87. The maximum absolute atomic E-state index is 12.2. The molecule has 1 amide bonds. The fourth-order valence-electron chi connectivity index (χ4n) is 3.73. The molecule has 1 saturated carbocycles. The molecule has 2 fully saturated rings. The normalized spacial score (nSPS) is 25.6. The lowest BCUT2D eigenvalue weighted by molar-refractivity contribution is -0.127. The Bertz CT molecular complexity index is 443. The molecule has 1 aromatic carbocycles. The average Bonchev–Trinajstić information content (AvgIpc) is 3.01. The molecule has 96 valence electrons. The summed E-state index contributed by atoms with van der Waals surface area (Å²) in [7, 11) is 0. The van der Waals surface area contributed by atoms with Crippen molar-refractivity contribution in [3.63, 3.8) is 0 Å². The van der Waals surface area contributed by atoms with Crippen molar-refractivity contribution in [3.05, 3.63) is 35.4 Å². The fraction of sp³-hybridized carbons (Fsp3) is 0.562. The topological polar surface area (TPSA) is 29.1 Å². The van der Waals surface area contributed by atoms with E-state index in [1.807, 2.05) is 0 Å². The van der Waals surface area contributed by atoms with Crippen molar-refractivity contribution in [2.45, 2.75) is 44.9 Å². The molecule has 0 aromatic heterocycles. The SMILES string of the molecule is CCc1ccc([C@H]2CNC(=O)C23CCCC3)cc1. The highest BCUT2D eigenvalue weighted by molar-refractivity contribution is 5.86. The molecule has 1 aromatic rings. The van der Waals surface area contributed by atoms with Gasteiger partial charge in [-0.15, -0.1) is 0 Å². The van der Waals surface area contributed by atoms with Crippen molar-refractivity contribution < 1.29 is 4.79 Å². The summed E-state index contributed by atoms with van der Waals surface area (Å²) in [5.41, 5.74) is 2.62. The summed E-state index contributed by atoms with van der Waals surface area (Å²) in [6.45, 7) is 3.00. The Morgan fingerprint density at radius 3 is 2.50 bits per heavy atom. The number of hydrogen-bond donors (Lipinski definition) is 1. The van der Waals surface area contributed by atoms with Crippen LogP contribution in [0.1, 0.15) is 49.7 Å². The van der Waals surface area contributed by atoms with E-state index in [-0.39, 0.29) is 5.41 Å². The van der Waals surface area contributed by atoms with Crippen LogP contribution in [0, 0.1) is 5.41 Å². The van der Waals surface area contributed by atoms with Gasteiger partial charge in [0.15, 0.2) is 0 Å². The van der Waals surface area contributed by atoms with Crippen LogP contribution in [0.25, 0.3) is 0 Å². The maximum Gasteiger partial charge on any atom is 0.226 e. The Morgan fingerprint density at radius 2 is 1.89 bits per heavy atom. The van der Waals surface area contributed by atoms with Crippen LogP contribution in [-0.4, -0.2) is 12.5 Å². The molecule has 1 N–H and O–H groups in total. The first kappa shape index (κ1) is 11.8. The van der Waals surface area contributed by atoms with Gasteiger partial charge in [-0.2, -0.15) is 0 Å². The highest BCUT2D eigenvalue weighted by Gasteiger charge is 2.51. The molecular weight excluding hydrogens is 222 g/mol. The van der Waals surface area contributed by atoms with E-state index in [1.165, 1.54) is 24.0 Å². The van der Waals surface area contributed by atoms with Crippen molar-refractivity contribution in [1.29, 1.82) is 0 Å². The van der Waals surface area contributed by atoms with Gasteiger partial charge in [0.25, 0.3) is 0 Å². The average molecular weight is 243 g/mol. The molecular formula is C16H21NO. The zero-order valence-corrected chi connectivity index (χ0v) is 11.0. The lowest BCUT2D eigenvalue weighted by Crippen LogP contribution is -2.31. The number of hydrogen-bond acceptors (Lipinski definition) is 1. The molecule has 1 spiro atoms. The summed E-state index contributed by atoms with van der Waals surface area (Å²) >= 11 is 0. The van der Waals surface area contributed by atoms with Crippen LogP contribution in [0.4, 0.5) is 0 Å². The summed E-state index contributed by atoms with van der Waals surface area (Å²) in [6, 6.07) is 8.87. The third kappa shape index (κ3) is 1.66. The zero-order chi connectivity index (χ0) is 12.6. The second-order valence-electron chi connectivity index (χ2n) is 5.72. The van der Waals surface area contributed by atoms with E-state index < -0.39 is 0 Å². The van der Waals surface area contributed by atoms with Crippen LogP contribution in [0.3, 0.4) is 0 Å². The highest BCUT2D eigenvalue weighted by Crippen LogP contribution is 2.51. The molecule has 0 unspecified atom stereocenters. The van der Waals surface area contributed by atoms with E-state index in [1.54, 1.807) is 0 Å². The first-order valence-corrected chi connectivity index (χ1v) is 7.13. The van der Waals surface area contributed by atoms with Gasteiger partial charge in [0, 0.05) is 12.5 Å². The van der Waals surface area contributed by atoms with Gasteiger partial charge in [-0.1, -0.05) is 44.0 Å². The van der Waals surface area contributed by atoms with Crippen LogP contribution >= 0.6 is 0 Å². The fourth-order valence-corrected chi connectivity index (χ4v) is 3.73. The molecule has 1 aliphatic heterocycles. The summed E-state index contributed by atoms with van der Waals surface area (Å²) in [5, 5.41) is 3.09.